The van der Waals surface area contributed by atoms with Crippen LogP contribution in [-0.2, 0) is 21.2 Å². The quantitative estimate of drug-likeness (QED) is 0.700. The van der Waals surface area contributed by atoms with Gasteiger partial charge in [0, 0.05) is 10.2 Å². The molecule has 0 radical (unpaired) electrons. The van der Waals surface area contributed by atoms with Crippen molar-refractivity contribution < 1.29 is 22.0 Å². The number of alkyl halides is 2. The fourth-order valence-corrected chi connectivity index (χ4v) is 3.93. The van der Waals surface area contributed by atoms with E-state index >= 15 is 0 Å². The summed E-state index contributed by atoms with van der Waals surface area (Å²) in [4.78, 5) is 11.1. The Balaban J connectivity index is 2.29. The molecular weight excluding hydrogens is 372 g/mol. The fraction of sp³-hybridized carbons (Fsp3) is 0.364. The second kappa shape index (κ2) is 5.59. The van der Waals surface area contributed by atoms with Crippen molar-refractivity contribution in [3.8, 4) is 0 Å². The van der Waals surface area contributed by atoms with Gasteiger partial charge in [0.05, 0.1) is 24.4 Å². The molecule has 1 amide bonds. The summed E-state index contributed by atoms with van der Waals surface area (Å²) in [5.41, 5.74) is 5.85. The Bertz CT molecular complexity index is 694. The van der Waals surface area contributed by atoms with Gasteiger partial charge in [0.1, 0.15) is 0 Å². The minimum Gasteiger partial charge on any atom is -0.325 e. The molecule has 6 nitrogen and oxygen atoms in total. The standard InChI is InChI=1S/C11H12BrF2N3O3S/c12-7-3-8-6(2-10(18)17-8)1-9(7)21(19,20)16-5-11(13,14)4-15/h1,3,16H,2,4-5,15H2,(H,17,18). The molecule has 1 aliphatic heterocycles. The summed E-state index contributed by atoms with van der Waals surface area (Å²) in [5.74, 6) is -3.58. The first-order valence-electron chi connectivity index (χ1n) is 5.84. The summed E-state index contributed by atoms with van der Waals surface area (Å²) in [6.45, 7) is -2.05. The minimum absolute atomic E-state index is 0.0457. The maximum atomic E-state index is 13.1. The number of carbonyl (C=O) groups is 1. The molecule has 1 heterocycles. The normalized spacial score (nSPS) is 15.0. The number of sulfonamides is 1. The monoisotopic (exact) mass is 383 g/mol. The number of nitrogens with one attached hydrogen (secondary N) is 2. The van der Waals surface area contributed by atoms with E-state index in [-0.39, 0.29) is 21.7 Å². The summed E-state index contributed by atoms with van der Waals surface area (Å²) in [7, 11) is -4.14. The predicted octanol–water partition coefficient (Wildman–Crippen LogP) is 0.816. The van der Waals surface area contributed by atoms with Gasteiger partial charge in [0.15, 0.2) is 0 Å². The summed E-state index contributed by atoms with van der Waals surface area (Å²) in [5, 5.41) is 2.56. The third kappa shape index (κ3) is 3.57. The average Bonchev–Trinajstić information content (AvgIpc) is 2.75. The van der Waals surface area contributed by atoms with Crippen molar-refractivity contribution >= 4 is 37.5 Å². The first-order valence-corrected chi connectivity index (χ1v) is 8.12. The van der Waals surface area contributed by atoms with Gasteiger partial charge in [-0.25, -0.2) is 21.9 Å². The van der Waals surface area contributed by atoms with Crippen molar-refractivity contribution in [3.63, 3.8) is 0 Å². The lowest BCUT2D eigenvalue weighted by molar-refractivity contribution is -0.115. The number of benzene rings is 1. The van der Waals surface area contributed by atoms with Crippen LogP contribution < -0.4 is 15.8 Å². The van der Waals surface area contributed by atoms with Crippen LogP contribution in [0, 0.1) is 0 Å². The second-order valence-corrected chi connectivity index (χ2v) is 7.14. The Morgan fingerprint density at radius 2 is 2.10 bits per heavy atom. The van der Waals surface area contributed by atoms with Gasteiger partial charge in [-0.15, -0.1) is 0 Å². The van der Waals surface area contributed by atoms with Gasteiger partial charge in [0.2, 0.25) is 15.9 Å². The number of halogens is 3. The Hall–Kier alpha value is -1.10. The van der Waals surface area contributed by atoms with E-state index in [0.717, 1.165) is 0 Å². The zero-order valence-electron chi connectivity index (χ0n) is 10.6. The largest absolute Gasteiger partial charge is 0.325 e. The first kappa shape index (κ1) is 16.3. The second-order valence-electron chi connectivity index (χ2n) is 4.55. The summed E-state index contributed by atoms with van der Waals surface area (Å²) in [6, 6.07) is 2.70. The first-order chi connectivity index (χ1) is 9.64. The van der Waals surface area contributed by atoms with Crippen LogP contribution in [0.2, 0.25) is 0 Å². The molecule has 4 N–H and O–H groups in total. The number of hydrogen-bond donors (Lipinski definition) is 3. The molecule has 1 aromatic rings. The zero-order valence-corrected chi connectivity index (χ0v) is 13.0. The molecule has 116 valence electrons. The molecule has 10 heteroatoms. The van der Waals surface area contributed by atoms with E-state index in [2.05, 4.69) is 21.2 Å². The van der Waals surface area contributed by atoms with Crippen LogP contribution in [0.4, 0.5) is 14.5 Å². The maximum absolute atomic E-state index is 13.1. The molecule has 1 aliphatic rings. The van der Waals surface area contributed by atoms with E-state index in [1.807, 2.05) is 4.72 Å². The Labute approximate surface area is 128 Å². The molecule has 0 spiro atoms. The molecule has 0 saturated carbocycles. The summed E-state index contributed by atoms with van der Waals surface area (Å²) >= 11 is 3.06. The Morgan fingerprint density at radius 1 is 1.43 bits per heavy atom. The van der Waals surface area contributed by atoms with Crippen LogP contribution in [0.1, 0.15) is 5.56 Å². The van der Waals surface area contributed by atoms with E-state index in [1.165, 1.54) is 12.1 Å². The number of anilines is 1. The van der Waals surface area contributed by atoms with E-state index < -0.39 is 29.0 Å². The highest BCUT2D eigenvalue weighted by atomic mass is 79.9. The Morgan fingerprint density at radius 3 is 2.71 bits per heavy atom. The van der Waals surface area contributed by atoms with Crippen molar-refractivity contribution in [2.45, 2.75) is 17.2 Å². The van der Waals surface area contributed by atoms with E-state index in [0.29, 0.717) is 11.3 Å². The molecule has 0 fully saturated rings. The third-order valence-corrected chi connectivity index (χ3v) is 5.25. The minimum atomic E-state index is -4.14. The number of hydrogen-bond acceptors (Lipinski definition) is 4. The van der Waals surface area contributed by atoms with Gasteiger partial charge in [-0.3, -0.25) is 4.79 Å². The van der Waals surface area contributed by atoms with Crippen LogP contribution in [-0.4, -0.2) is 33.3 Å². The third-order valence-electron chi connectivity index (χ3n) is 2.89. The molecule has 0 atom stereocenters. The summed E-state index contributed by atoms with van der Waals surface area (Å²) in [6.07, 6.45) is 0.0457. The number of rotatable bonds is 5. The lowest BCUT2D eigenvalue weighted by Crippen LogP contribution is -2.41. The molecule has 0 unspecified atom stereocenters. The molecule has 21 heavy (non-hydrogen) atoms. The highest BCUT2D eigenvalue weighted by Gasteiger charge is 2.31. The molecular formula is C11H12BrF2N3O3S. The number of carbonyl (C=O) groups excluding carboxylic acids is 1. The Kier molecular flexibility index (Phi) is 4.34. The van der Waals surface area contributed by atoms with Gasteiger partial charge >= 0.3 is 0 Å². The molecule has 0 bridgehead atoms. The van der Waals surface area contributed by atoms with E-state index in [9.17, 15) is 22.0 Å². The molecule has 2 rings (SSSR count). The van der Waals surface area contributed by atoms with Crippen molar-refractivity contribution in [1.29, 1.82) is 0 Å². The van der Waals surface area contributed by atoms with Crippen LogP contribution >= 0.6 is 15.9 Å². The van der Waals surface area contributed by atoms with Crippen molar-refractivity contribution in [2.75, 3.05) is 18.4 Å². The van der Waals surface area contributed by atoms with Gasteiger partial charge in [0.25, 0.3) is 5.92 Å². The zero-order chi connectivity index (χ0) is 15.8. The van der Waals surface area contributed by atoms with Crippen LogP contribution in [0.15, 0.2) is 21.5 Å². The smallest absolute Gasteiger partial charge is 0.273 e. The highest BCUT2D eigenvalue weighted by Crippen LogP contribution is 2.32. The molecule has 1 aromatic carbocycles. The maximum Gasteiger partial charge on any atom is 0.273 e. The molecule has 0 saturated heterocycles. The topological polar surface area (TPSA) is 101 Å². The number of fused-ring (bicyclic) bond motifs is 1. The lowest BCUT2D eigenvalue weighted by Gasteiger charge is -2.15. The van der Waals surface area contributed by atoms with Gasteiger partial charge < -0.3 is 11.1 Å². The number of amides is 1. The van der Waals surface area contributed by atoms with Gasteiger partial charge in [-0.05, 0) is 33.6 Å². The SMILES string of the molecule is NCC(F)(F)CNS(=O)(=O)c1cc2c(cc1Br)NC(=O)C2. The van der Waals surface area contributed by atoms with Crippen molar-refractivity contribution in [3.05, 3.63) is 22.2 Å². The summed E-state index contributed by atoms with van der Waals surface area (Å²) < 4.78 is 52.2. The van der Waals surface area contributed by atoms with E-state index in [4.69, 9.17) is 5.73 Å². The molecule has 0 aliphatic carbocycles. The van der Waals surface area contributed by atoms with Gasteiger partial charge in [-0.2, -0.15) is 0 Å². The molecule has 0 aromatic heterocycles. The highest BCUT2D eigenvalue weighted by molar-refractivity contribution is 9.10. The lowest BCUT2D eigenvalue weighted by atomic mass is 10.2. The predicted molar refractivity (Wildman–Crippen MR) is 75.7 cm³/mol. The van der Waals surface area contributed by atoms with Gasteiger partial charge in [-0.1, -0.05) is 0 Å². The van der Waals surface area contributed by atoms with E-state index in [1.54, 1.807) is 0 Å². The fourth-order valence-electron chi connectivity index (χ4n) is 1.78. The van der Waals surface area contributed by atoms with Crippen LogP contribution in [0.5, 0.6) is 0 Å². The van der Waals surface area contributed by atoms with Crippen molar-refractivity contribution in [1.82, 2.24) is 4.72 Å². The van der Waals surface area contributed by atoms with Crippen molar-refractivity contribution in [2.24, 2.45) is 5.73 Å². The van der Waals surface area contributed by atoms with Crippen LogP contribution in [0.3, 0.4) is 0 Å². The number of nitrogens with two attached hydrogens (primary N) is 1. The van der Waals surface area contributed by atoms with Crippen LogP contribution in [0.25, 0.3) is 0 Å². The average molecular weight is 384 g/mol.